The lowest BCUT2D eigenvalue weighted by Gasteiger charge is -2.19. The average molecular weight is 180 g/mol. The number of urea groups is 1. The molecule has 4 heteroatoms. The van der Waals surface area contributed by atoms with Crippen molar-refractivity contribution in [3.8, 4) is 0 Å². The molecular weight excluding hydrogens is 168 g/mol. The molecule has 0 aromatic rings. The quantitative estimate of drug-likeness (QED) is 0.475. The lowest BCUT2D eigenvalue weighted by atomic mass is 10.2. The van der Waals surface area contributed by atoms with Crippen LogP contribution in [0.5, 0.6) is 0 Å². The summed E-state index contributed by atoms with van der Waals surface area (Å²) < 4.78 is 0. The fraction of sp³-hybridized carbons (Fsp3) is 0.556. The molecular formula is C9H12N2O2. The van der Waals surface area contributed by atoms with E-state index in [1.807, 2.05) is 12.2 Å². The molecule has 2 rings (SSSR count). The first-order valence-corrected chi connectivity index (χ1v) is 4.48. The van der Waals surface area contributed by atoms with Crippen LogP contribution in [0.1, 0.15) is 19.8 Å². The van der Waals surface area contributed by atoms with E-state index in [0.717, 1.165) is 12.8 Å². The molecule has 3 amide bonds. The van der Waals surface area contributed by atoms with E-state index in [9.17, 15) is 9.59 Å². The van der Waals surface area contributed by atoms with E-state index in [1.54, 1.807) is 6.92 Å². The van der Waals surface area contributed by atoms with Gasteiger partial charge in [-0.05, 0) is 19.8 Å². The van der Waals surface area contributed by atoms with Gasteiger partial charge in [0.25, 0.3) is 5.91 Å². The summed E-state index contributed by atoms with van der Waals surface area (Å²) in [7, 11) is 0. The molecule has 1 saturated heterocycles. The summed E-state index contributed by atoms with van der Waals surface area (Å²) in [5.74, 6) is -0.0984. The molecule has 70 valence electrons. The molecule has 0 aromatic heterocycles. The maximum absolute atomic E-state index is 11.5. The minimum absolute atomic E-state index is 0.0532. The first-order chi connectivity index (χ1) is 6.20. The topological polar surface area (TPSA) is 49.4 Å². The van der Waals surface area contributed by atoms with Crippen molar-refractivity contribution in [1.82, 2.24) is 10.2 Å². The molecule has 0 aromatic carbocycles. The van der Waals surface area contributed by atoms with Gasteiger partial charge < -0.3 is 5.32 Å². The molecule has 1 aliphatic carbocycles. The van der Waals surface area contributed by atoms with Crippen LogP contribution in [0.2, 0.25) is 0 Å². The predicted molar refractivity (Wildman–Crippen MR) is 47.0 cm³/mol. The van der Waals surface area contributed by atoms with Crippen molar-refractivity contribution >= 4 is 11.9 Å². The van der Waals surface area contributed by atoms with Crippen LogP contribution in [0.3, 0.4) is 0 Å². The molecule has 0 saturated carbocycles. The summed E-state index contributed by atoms with van der Waals surface area (Å²) in [6.07, 6.45) is 5.61. The van der Waals surface area contributed by atoms with Crippen LogP contribution in [0.4, 0.5) is 4.79 Å². The molecule has 1 heterocycles. The van der Waals surface area contributed by atoms with E-state index >= 15 is 0 Å². The number of hydrogen-bond acceptors (Lipinski definition) is 2. The Morgan fingerprint density at radius 2 is 2.00 bits per heavy atom. The summed E-state index contributed by atoms with van der Waals surface area (Å²) in [6, 6.07) is -0.545. The number of hydrogen-bond donors (Lipinski definition) is 1. The van der Waals surface area contributed by atoms with E-state index in [0.29, 0.717) is 0 Å². The van der Waals surface area contributed by atoms with Crippen molar-refractivity contribution in [2.45, 2.75) is 31.8 Å². The van der Waals surface area contributed by atoms with Crippen molar-refractivity contribution in [2.24, 2.45) is 0 Å². The van der Waals surface area contributed by atoms with Gasteiger partial charge in [0.2, 0.25) is 0 Å². The van der Waals surface area contributed by atoms with Crippen LogP contribution >= 0.6 is 0 Å². The minimum atomic E-state index is -0.354. The monoisotopic (exact) mass is 180 g/mol. The fourth-order valence-corrected chi connectivity index (χ4v) is 1.78. The highest BCUT2D eigenvalue weighted by molar-refractivity contribution is 6.04. The predicted octanol–water partition coefficient (Wildman–Crippen LogP) is 0.645. The Kier molecular flexibility index (Phi) is 1.83. The van der Waals surface area contributed by atoms with Gasteiger partial charge in [0.05, 0.1) is 0 Å². The molecule has 4 nitrogen and oxygen atoms in total. The van der Waals surface area contributed by atoms with Crippen molar-refractivity contribution in [3.05, 3.63) is 12.2 Å². The third kappa shape index (κ3) is 1.22. The largest absolute Gasteiger partial charge is 0.326 e. The molecule has 1 N–H and O–H groups in total. The molecule has 0 radical (unpaired) electrons. The van der Waals surface area contributed by atoms with Crippen molar-refractivity contribution < 1.29 is 9.59 Å². The number of imide groups is 1. The summed E-state index contributed by atoms with van der Waals surface area (Å²) in [5.41, 5.74) is 0. The zero-order chi connectivity index (χ0) is 9.42. The molecule has 1 fully saturated rings. The summed E-state index contributed by atoms with van der Waals surface area (Å²) >= 11 is 0. The molecule has 1 atom stereocenters. The maximum Gasteiger partial charge on any atom is 0.325 e. The van der Waals surface area contributed by atoms with Gasteiger partial charge in [-0.2, -0.15) is 0 Å². The minimum Gasteiger partial charge on any atom is -0.326 e. The molecule has 2 aliphatic rings. The van der Waals surface area contributed by atoms with Crippen LogP contribution in [-0.4, -0.2) is 28.9 Å². The van der Waals surface area contributed by atoms with E-state index in [2.05, 4.69) is 5.32 Å². The number of nitrogens with one attached hydrogen (secondary N) is 1. The molecule has 0 bridgehead atoms. The van der Waals surface area contributed by atoms with Gasteiger partial charge in [0.1, 0.15) is 6.04 Å². The van der Waals surface area contributed by atoms with Crippen molar-refractivity contribution in [2.75, 3.05) is 0 Å². The van der Waals surface area contributed by atoms with Crippen LogP contribution in [0, 0.1) is 0 Å². The molecule has 0 spiro atoms. The van der Waals surface area contributed by atoms with Gasteiger partial charge >= 0.3 is 6.03 Å². The zero-order valence-corrected chi connectivity index (χ0v) is 7.49. The third-order valence-electron chi connectivity index (χ3n) is 2.51. The van der Waals surface area contributed by atoms with Gasteiger partial charge in [-0.25, -0.2) is 4.79 Å². The van der Waals surface area contributed by atoms with Crippen LogP contribution in [-0.2, 0) is 4.79 Å². The first-order valence-electron chi connectivity index (χ1n) is 4.48. The highest BCUT2D eigenvalue weighted by Gasteiger charge is 2.39. The van der Waals surface area contributed by atoms with Gasteiger partial charge in [0, 0.05) is 6.04 Å². The Bertz CT molecular complexity index is 277. The standard InChI is InChI=1S/C9H12N2O2/c1-6-8(12)11(9(13)10-6)7-4-2-3-5-7/h2-3,6-7H,4-5H2,1H3,(H,10,13)/t6-/m0/s1. The van der Waals surface area contributed by atoms with E-state index < -0.39 is 0 Å². The zero-order valence-electron chi connectivity index (χ0n) is 7.49. The number of amides is 3. The van der Waals surface area contributed by atoms with Crippen LogP contribution < -0.4 is 5.32 Å². The van der Waals surface area contributed by atoms with Crippen molar-refractivity contribution in [1.29, 1.82) is 0 Å². The van der Waals surface area contributed by atoms with Crippen LogP contribution in [0.25, 0.3) is 0 Å². The Balaban J connectivity index is 2.14. The Morgan fingerprint density at radius 1 is 1.38 bits per heavy atom. The highest BCUT2D eigenvalue weighted by atomic mass is 16.2. The van der Waals surface area contributed by atoms with Gasteiger partial charge in [-0.1, -0.05) is 12.2 Å². The molecule has 13 heavy (non-hydrogen) atoms. The highest BCUT2D eigenvalue weighted by Crippen LogP contribution is 2.20. The smallest absolute Gasteiger partial charge is 0.325 e. The number of carbonyl (C=O) groups excluding carboxylic acids is 2. The third-order valence-corrected chi connectivity index (χ3v) is 2.51. The Hall–Kier alpha value is -1.32. The van der Waals surface area contributed by atoms with Crippen molar-refractivity contribution in [3.63, 3.8) is 0 Å². The lowest BCUT2D eigenvalue weighted by molar-refractivity contribution is -0.128. The Labute approximate surface area is 76.6 Å². The summed E-state index contributed by atoms with van der Waals surface area (Å²) in [5, 5.41) is 2.60. The first kappa shape index (κ1) is 8.29. The van der Waals surface area contributed by atoms with Gasteiger partial charge in [-0.15, -0.1) is 0 Å². The Morgan fingerprint density at radius 3 is 2.46 bits per heavy atom. The summed E-state index contributed by atoms with van der Waals surface area (Å²) in [4.78, 5) is 24.2. The number of rotatable bonds is 1. The van der Waals surface area contributed by atoms with E-state index in [4.69, 9.17) is 0 Å². The average Bonchev–Trinajstić information content (AvgIpc) is 2.63. The second-order valence-electron chi connectivity index (χ2n) is 3.48. The van der Waals surface area contributed by atoms with E-state index in [1.165, 1.54) is 4.90 Å². The lowest BCUT2D eigenvalue weighted by Crippen LogP contribution is -2.39. The summed E-state index contributed by atoms with van der Waals surface area (Å²) in [6.45, 7) is 1.71. The maximum atomic E-state index is 11.5. The normalized spacial score (nSPS) is 28.7. The number of nitrogens with zero attached hydrogens (tertiary/aromatic N) is 1. The van der Waals surface area contributed by atoms with Gasteiger partial charge in [-0.3, -0.25) is 9.69 Å². The molecule has 0 unspecified atom stereocenters. The SMILES string of the molecule is C[C@@H]1NC(=O)N(C2CC=CC2)C1=O. The van der Waals surface area contributed by atoms with Crippen LogP contribution in [0.15, 0.2) is 12.2 Å². The second kappa shape index (κ2) is 2.87. The molecule has 1 aliphatic heterocycles. The fourth-order valence-electron chi connectivity index (χ4n) is 1.78. The second-order valence-corrected chi connectivity index (χ2v) is 3.48. The van der Waals surface area contributed by atoms with Gasteiger partial charge in [0.15, 0.2) is 0 Å². The number of carbonyl (C=O) groups is 2. The van der Waals surface area contributed by atoms with E-state index in [-0.39, 0.29) is 24.0 Å².